The lowest BCUT2D eigenvalue weighted by Crippen LogP contribution is -2.31. The van der Waals surface area contributed by atoms with Crippen molar-refractivity contribution in [2.24, 2.45) is 0 Å². The van der Waals surface area contributed by atoms with Gasteiger partial charge in [-0.2, -0.15) is 0 Å². The summed E-state index contributed by atoms with van der Waals surface area (Å²) in [6, 6.07) is 5.10. The van der Waals surface area contributed by atoms with Gasteiger partial charge in [0.25, 0.3) is 0 Å². The van der Waals surface area contributed by atoms with Gasteiger partial charge in [-0.15, -0.1) is 11.3 Å². The van der Waals surface area contributed by atoms with Gasteiger partial charge in [-0.1, -0.05) is 39.2 Å². The topological polar surface area (TPSA) is 12.0 Å². The average Bonchev–Trinajstić information content (AvgIpc) is 2.78. The zero-order chi connectivity index (χ0) is 11.6. The maximum atomic E-state index is 3.67. The summed E-state index contributed by atoms with van der Waals surface area (Å²) in [5.41, 5.74) is 0. The molecule has 2 heteroatoms. The van der Waals surface area contributed by atoms with Crippen molar-refractivity contribution in [2.45, 2.75) is 58.4 Å². The third-order valence-corrected chi connectivity index (χ3v) is 3.77. The van der Waals surface area contributed by atoms with Crippen molar-refractivity contribution in [2.75, 3.05) is 6.54 Å². The van der Waals surface area contributed by atoms with Gasteiger partial charge in [0.05, 0.1) is 0 Å². The van der Waals surface area contributed by atoms with Crippen molar-refractivity contribution in [3.8, 4) is 0 Å². The number of unbranched alkanes of at least 4 members (excludes halogenated alkanes) is 2. The molecule has 1 rings (SSSR count). The van der Waals surface area contributed by atoms with E-state index in [9.17, 15) is 0 Å². The number of rotatable bonds is 9. The van der Waals surface area contributed by atoms with Crippen LogP contribution in [0.1, 0.15) is 50.8 Å². The van der Waals surface area contributed by atoms with Gasteiger partial charge in [0.15, 0.2) is 0 Å². The first-order valence-electron chi connectivity index (χ1n) is 6.62. The molecule has 0 saturated carbocycles. The lowest BCUT2D eigenvalue weighted by Gasteiger charge is -2.17. The van der Waals surface area contributed by atoms with Gasteiger partial charge in [-0.3, -0.25) is 0 Å². The Morgan fingerprint density at radius 3 is 2.75 bits per heavy atom. The summed E-state index contributed by atoms with van der Waals surface area (Å²) < 4.78 is 0. The molecule has 0 aliphatic heterocycles. The Hall–Kier alpha value is -0.340. The summed E-state index contributed by atoms with van der Waals surface area (Å²) in [6.45, 7) is 5.66. The first-order chi connectivity index (χ1) is 7.86. The fraction of sp³-hybridized carbons (Fsp3) is 0.714. The van der Waals surface area contributed by atoms with Gasteiger partial charge in [0, 0.05) is 10.9 Å². The third kappa shape index (κ3) is 5.66. The molecule has 1 unspecified atom stereocenters. The van der Waals surface area contributed by atoms with Crippen LogP contribution in [0.5, 0.6) is 0 Å². The van der Waals surface area contributed by atoms with Crippen LogP contribution >= 0.6 is 11.3 Å². The second-order valence-electron chi connectivity index (χ2n) is 4.43. The Balaban J connectivity index is 2.31. The highest BCUT2D eigenvalue weighted by Gasteiger charge is 2.08. The van der Waals surface area contributed by atoms with Crippen LogP contribution in [-0.4, -0.2) is 12.6 Å². The van der Waals surface area contributed by atoms with Crippen LogP contribution in [0.15, 0.2) is 17.5 Å². The molecule has 1 N–H and O–H groups in total. The molecule has 92 valence electrons. The van der Waals surface area contributed by atoms with Gasteiger partial charge in [-0.25, -0.2) is 0 Å². The van der Waals surface area contributed by atoms with E-state index in [2.05, 4.69) is 36.7 Å². The zero-order valence-corrected chi connectivity index (χ0v) is 11.5. The maximum absolute atomic E-state index is 3.67. The molecule has 1 atom stereocenters. The lowest BCUT2D eigenvalue weighted by molar-refractivity contribution is 0.458. The molecular weight excluding hydrogens is 214 g/mol. The summed E-state index contributed by atoms with van der Waals surface area (Å²) in [6.07, 6.45) is 7.82. The molecule has 1 aromatic rings. The van der Waals surface area contributed by atoms with Crippen LogP contribution in [0.3, 0.4) is 0 Å². The predicted octanol–water partition coefficient (Wildman–Crippen LogP) is 4.24. The molecule has 16 heavy (non-hydrogen) atoms. The van der Waals surface area contributed by atoms with Gasteiger partial charge in [0.1, 0.15) is 0 Å². The molecule has 1 heterocycles. The molecule has 0 aliphatic rings. The Morgan fingerprint density at radius 2 is 2.12 bits per heavy atom. The summed E-state index contributed by atoms with van der Waals surface area (Å²) in [5, 5.41) is 5.85. The van der Waals surface area contributed by atoms with E-state index >= 15 is 0 Å². The van der Waals surface area contributed by atoms with E-state index in [1.165, 1.54) is 43.4 Å². The monoisotopic (exact) mass is 239 g/mol. The quantitative estimate of drug-likeness (QED) is 0.636. The fourth-order valence-electron chi connectivity index (χ4n) is 1.94. The van der Waals surface area contributed by atoms with Crippen molar-refractivity contribution in [1.82, 2.24) is 5.32 Å². The van der Waals surface area contributed by atoms with Gasteiger partial charge < -0.3 is 5.32 Å². The molecule has 0 aromatic carbocycles. The normalized spacial score (nSPS) is 12.9. The highest BCUT2D eigenvalue weighted by molar-refractivity contribution is 7.09. The largest absolute Gasteiger partial charge is 0.314 e. The molecule has 0 fully saturated rings. The smallest absolute Gasteiger partial charge is 0.0115 e. The van der Waals surface area contributed by atoms with Gasteiger partial charge in [0.2, 0.25) is 0 Å². The Labute approximate surface area is 104 Å². The predicted molar refractivity (Wildman–Crippen MR) is 74.2 cm³/mol. The Bertz CT molecular complexity index is 243. The molecular formula is C14H25NS. The van der Waals surface area contributed by atoms with Crippen LogP contribution in [0.4, 0.5) is 0 Å². The van der Waals surface area contributed by atoms with E-state index in [0.717, 1.165) is 6.54 Å². The van der Waals surface area contributed by atoms with Gasteiger partial charge in [-0.05, 0) is 37.3 Å². The first kappa shape index (κ1) is 13.7. The van der Waals surface area contributed by atoms with Crippen LogP contribution in [0, 0.1) is 0 Å². The van der Waals surface area contributed by atoms with Crippen molar-refractivity contribution in [3.05, 3.63) is 22.4 Å². The van der Waals surface area contributed by atoms with Crippen LogP contribution in [-0.2, 0) is 6.42 Å². The number of nitrogens with one attached hydrogen (secondary N) is 1. The van der Waals surface area contributed by atoms with Crippen molar-refractivity contribution in [1.29, 1.82) is 0 Å². The Kier molecular flexibility index (Phi) is 7.52. The number of hydrogen-bond acceptors (Lipinski definition) is 2. The van der Waals surface area contributed by atoms with E-state index in [4.69, 9.17) is 0 Å². The summed E-state index contributed by atoms with van der Waals surface area (Å²) in [5.74, 6) is 0. The van der Waals surface area contributed by atoms with Crippen LogP contribution < -0.4 is 5.32 Å². The van der Waals surface area contributed by atoms with Crippen LogP contribution in [0.25, 0.3) is 0 Å². The average molecular weight is 239 g/mol. The van der Waals surface area contributed by atoms with E-state index < -0.39 is 0 Å². The summed E-state index contributed by atoms with van der Waals surface area (Å²) in [4.78, 5) is 1.52. The van der Waals surface area contributed by atoms with E-state index in [0.29, 0.717) is 6.04 Å². The molecule has 0 aliphatic carbocycles. The second-order valence-corrected chi connectivity index (χ2v) is 5.46. The second kappa shape index (κ2) is 8.77. The van der Waals surface area contributed by atoms with Crippen LogP contribution in [0.2, 0.25) is 0 Å². The maximum Gasteiger partial charge on any atom is 0.0115 e. The summed E-state index contributed by atoms with van der Waals surface area (Å²) >= 11 is 1.88. The molecule has 0 amide bonds. The van der Waals surface area contributed by atoms with Crippen molar-refractivity contribution in [3.63, 3.8) is 0 Å². The van der Waals surface area contributed by atoms with Gasteiger partial charge >= 0.3 is 0 Å². The SMILES string of the molecule is CCCCCC(Cc1cccs1)NCCC. The van der Waals surface area contributed by atoms with Crippen molar-refractivity contribution < 1.29 is 0 Å². The summed E-state index contributed by atoms with van der Waals surface area (Å²) in [7, 11) is 0. The zero-order valence-electron chi connectivity index (χ0n) is 10.7. The minimum atomic E-state index is 0.685. The standard InChI is InChI=1S/C14H25NS/c1-3-5-6-8-13(15-10-4-2)12-14-9-7-11-16-14/h7,9,11,13,15H,3-6,8,10,12H2,1-2H3. The minimum Gasteiger partial charge on any atom is -0.314 e. The number of thiophene rings is 1. The Morgan fingerprint density at radius 1 is 1.25 bits per heavy atom. The molecule has 0 saturated heterocycles. The third-order valence-electron chi connectivity index (χ3n) is 2.87. The molecule has 0 bridgehead atoms. The number of hydrogen-bond donors (Lipinski definition) is 1. The van der Waals surface area contributed by atoms with E-state index in [1.54, 1.807) is 0 Å². The first-order valence-corrected chi connectivity index (χ1v) is 7.50. The molecule has 1 aromatic heterocycles. The highest BCUT2D eigenvalue weighted by Crippen LogP contribution is 2.14. The lowest BCUT2D eigenvalue weighted by atomic mass is 10.0. The fourth-order valence-corrected chi connectivity index (χ4v) is 2.72. The minimum absolute atomic E-state index is 0.685. The van der Waals surface area contributed by atoms with Crippen molar-refractivity contribution >= 4 is 11.3 Å². The molecule has 1 nitrogen and oxygen atoms in total. The molecule has 0 spiro atoms. The highest BCUT2D eigenvalue weighted by atomic mass is 32.1. The van der Waals surface area contributed by atoms with E-state index in [-0.39, 0.29) is 0 Å². The van der Waals surface area contributed by atoms with E-state index in [1.807, 2.05) is 11.3 Å². The molecule has 0 radical (unpaired) electrons.